The fourth-order valence-corrected chi connectivity index (χ4v) is 5.02. The van der Waals surface area contributed by atoms with Gasteiger partial charge in [0.2, 0.25) is 11.8 Å². The number of ether oxygens (including phenoxy) is 1. The molecule has 4 heterocycles. The van der Waals surface area contributed by atoms with Crippen LogP contribution in [-0.4, -0.2) is 47.7 Å². The summed E-state index contributed by atoms with van der Waals surface area (Å²) in [6.45, 7) is 6.94. The molecule has 4 aromatic rings. The number of aryl methyl sites for hydroxylation is 1. The number of hydrogen-bond acceptors (Lipinski definition) is 7. The van der Waals surface area contributed by atoms with Crippen LogP contribution in [0.25, 0.3) is 31.7 Å². The van der Waals surface area contributed by atoms with E-state index in [9.17, 15) is 13.2 Å². The summed E-state index contributed by atoms with van der Waals surface area (Å²) in [6, 6.07) is 8.40. The van der Waals surface area contributed by atoms with E-state index < -0.39 is 11.7 Å². The number of alkyl halides is 3. The molecule has 1 aliphatic rings. The maximum atomic E-state index is 14.3. The van der Waals surface area contributed by atoms with Gasteiger partial charge in [0.05, 0.1) is 23.3 Å². The summed E-state index contributed by atoms with van der Waals surface area (Å²) in [5.41, 5.74) is 1.41. The molecule has 0 aliphatic carbocycles. The largest absolute Gasteiger partial charge is 0.477 e. The lowest BCUT2D eigenvalue weighted by Crippen LogP contribution is -2.44. The zero-order valence-electron chi connectivity index (χ0n) is 18.2. The first kappa shape index (κ1) is 21.8. The summed E-state index contributed by atoms with van der Waals surface area (Å²) < 4.78 is 49.0. The fraction of sp³-hybridized carbons (Fsp3) is 0.348. The SMILES string of the molecule is CCOc1nc(N2CCNCC2)nc2c1sc1nc(-c3ccc(C)cc3)cc(C(F)(F)F)c12. The Balaban J connectivity index is 1.79. The quantitative estimate of drug-likeness (QED) is 0.448. The smallest absolute Gasteiger partial charge is 0.417 e. The van der Waals surface area contributed by atoms with Gasteiger partial charge in [-0.05, 0) is 19.9 Å². The van der Waals surface area contributed by atoms with Crippen LogP contribution in [0.4, 0.5) is 19.1 Å². The minimum Gasteiger partial charge on any atom is -0.477 e. The van der Waals surface area contributed by atoms with Crippen LogP contribution in [0.2, 0.25) is 0 Å². The van der Waals surface area contributed by atoms with E-state index in [1.165, 1.54) is 0 Å². The first-order valence-corrected chi connectivity index (χ1v) is 11.5. The Labute approximate surface area is 192 Å². The number of nitrogens with one attached hydrogen (secondary N) is 1. The molecule has 1 aromatic carbocycles. The van der Waals surface area contributed by atoms with Crippen molar-refractivity contribution < 1.29 is 17.9 Å². The highest BCUT2D eigenvalue weighted by molar-refractivity contribution is 7.25. The van der Waals surface area contributed by atoms with Gasteiger partial charge in [-0.15, -0.1) is 11.3 Å². The molecule has 33 heavy (non-hydrogen) atoms. The van der Waals surface area contributed by atoms with E-state index in [-0.39, 0.29) is 21.4 Å². The van der Waals surface area contributed by atoms with Crippen LogP contribution in [0.5, 0.6) is 5.88 Å². The molecule has 0 atom stereocenters. The van der Waals surface area contributed by atoms with E-state index in [2.05, 4.69) is 20.3 Å². The standard InChI is InChI=1S/C23H22F3N5OS/c1-3-32-20-19-18(29-22(30-20)31-10-8-27-9-11-31)17-15(23(24,25)26)12-16(28-21(17)33-19)14-6-4-13(2)5-7-14/h4-7,12,27H,3,8-11H2,1-2H3. The zero-order valence-corrected chi connectivity index (χ0v) is 19.0. The van der Waals surface area contributed by atoms with Crippen LogP contribution < -0.4 is 15.0 Å². The maximum absolute atomic E-state index is 14.3. The van der Waals surface area contributed by atoms with Crippen molar-refractivity contribution in [2.75, 3.05) is 37.7 Å². The molecular weight excluding hydrogens is 451 g/mol. The molecule has 0 spiro atoms. The number of thiophene rings is 1. The van der Waals surface area contributed by atoms with E-state index in [0.29, 0.717) is 41.8 Å². The molecular formula is C23H22F3N5OS. The topological polar surface area (TPSA) is 63.2 Å². The van der Waals surface area contributed by atoms with Crippen LogP contribution in [0, 0.1) is 6.92 Å². The van der Waals surface area contributed by atoms with Crippen molar-refractivity contribution in [2.45, 2.75) is 20.0 Å². The summed E-state index contributed by atoms with van der Waals surface area (Å²) in [7, 11) is 0. The second kappa shape index (κ2) is 8.42. The van der Waals surface area contributed by atoms with E-state index >= 15 is 0 Å². The van der Waals surface area contributed by atoms with E-state index in [1.54, 1.807) is 12.1 Å². The number of fused-ring (bicyclic) bond motifs is 3. The van der Waals surface area contributed by atoms with Gasteiger partial charge in [0.25, 0.3) is 0 Å². The van der Waals surface area contributed by atoms with Gasteiger partial charge in [0.15, 0.2) is 0 Å². The average molecular weight is 474 g/mol. The molecule has 0 amide bonds. The van der Waals surface area contributed by atoms with Crippen molar-refractivity contribution in [2.24, 2.45) is 0 Å². The Hall–Kier alpha value is -2.98. The van der Waals surface area contributed by atoms with Gasteiger partial charge in [0.1, 0.15) is 15.0 Å². The van der Waals surface area contributed by atoms with Gasteiger partial charge in [-0.25, -0.2) is 9.97 Å². The van der Waals surface area contributed by atoms with Crippen molar-refractivity contribution in [1.29, 1.82) is 0 Å². The van der Waals surface area contributed by atoms with Crippen LogP contribution >= 0.6 is 11.3 Å². The minimum absolute atomic E-state index is 0.00176. The molecule has 6 nitrogen and oxygen atoms in total. The molecule has 0 bridgehead atoms. The van der Waals surface area contributed by atoms with Crippen LogP contribution in [0.3, 0.4) is 0 Å². The van der Waals surface area contributed by atoms with Crippen LogP contribution in [0.15, 0.2) is 30.3 Å². The molecule has 172 valence electrons. The summed E-state index contributed by atoms with van der Waals surface area (Å²) in [5, 5.41) is 3.25. The lowest BCUT2D eigenvalue weighted by atomic mass is 10.0. The first-order chi connectivity index (χ1) is 15.8. The van der Waals surface area contributed by atoms with Gasteiger partial charge in [0, 0.05) is 31.7 Å². The third kappa shape index (κ3) is 4.08. The lowest BCUT2D eigenvalue weighted by molar-refractivity contribution is -0.136. The minimum atomic E-state index is -4.57. The molecule has 1 aliphatic heterocycles. The monoisotopic (exact) mass is 473 g/mol. The number of nitrogens with zero attached hydrogens (tertiary/aromatic N) is 4. The highest BCUT2D eigenvalue weighted by Crippen LogP contribution is 2.45. The summed E-state index contributed by atoms with van der Waals surface area (Å²) in [5.74, 6) is 0.673. The maximum Gasteiger partial charge on any atom is 0.417 e. The number of pyridine rings is 1. The summed E-state index contributed by atoms with van der Waals surface area (Å²) in [6.07, 6.45) is -4.57. The first-order valence-electron chi connectivity index (χ1n) is 10.7. The van der Waals surface area contributed by atoms with Gasteiger partial charge >= 0.3 is 6.18 Å². The van der Waals surface area contributed by atoms with E-state index in [1.807, 2.05) is 30.9 Å². The molecule has 3 aromatic heterocycles. The molecule has 10 heteroatoms. The Bertz CT molecular complexity index is 1310. The summed E-state index contributed by atoms with van der Waals surface area (Å²) >= 11 is 1.13. The molecule has 1 fully saturated rings. The van der Waals surface area contributed by atoms with Gasteiger partial charge in [-0.1, -0.05) is 29.8 Å². The lowest BCUT2D eigenvalue weighted by Gasteiger charge is -2.27. The Kier molecular flexibility index (Phi) is 5.57. The molecule has 1 saturated heterocycles. The molecule has 0 radical (unpaired) electrons. The highest BCUT2D eigenvalue weighted by Gasteiger charge is 2.36. The summed E-state index contributed by atoms with van der Waals surface area (Å²) in [4.78, 5) is 16.0. The number of rotatable bonds is 4. The Morgan fingerprint density at radius 2 is 1.82 bits per heavy atom. The number of aromatic nitrogens is 3. The predicted octanol–water partition coefficient (Wildman–Crippen LogP) is 5.04. The molecule has 0 unspecified atom stereocenters. The van der Waals surface area contributed by atoms with Crippen molar-refractivity contribution in [3.8, 4) is 17.1 Å². The number of benzene rings is 1. The van der Waals surface area contributed by atoms with Gasteiger partial charge < -0.3 is 15.0 Å². The Morgan fingerprint density at radius 3 is 2.48 bits per heavy atom. The van der Waals surface area contributed by atoms with Crippen molar-refractivity contribution in [3.05, 3.63) is 41.5 Å². The van der Waals surface area contributed by atoms with Crippen molar-refractivity contribution >= 4 is 37.7 Å². The van der Waals surface area contributed by atoms with Crippen molar-refractivity contribution in [1.82, 2.24) is 20.3 Å². The zero-order chi connectivity index (χ0) is 23.2. The van der Waals surface area contributed by atoms with Gasteiger partial charge in [-0.3, -0.25) is 0 Å². The van der Waals surface area contributed by atoms with Crippen molar-refractivity contribution in [3.63, 3.8) is 0 Å². The molecule has 1 N–H and O–H groups in total. The van der Waals surface area contributed by atoms with E-state index in [0.717, 1.165) is 36.1 Å². The second-order valence-electron chi connectivity index (χ2n) is 7.88. The molecule has 5 rings (SSSR count). The normalized spacial score (nSPS) is 14.9. The third-order valence-corrected chi connectivity index (χ3v) is 6.64. The number of piperazine rings is 1. The van der Waals surface area contributed by atoms with Gasteiger partial charge in [-0.2, -0.15) is 18.2 Å². The fourth-order valence-electron chi connectivity index (χ4n) is 3.94. The van der Waals surface area contributed by atoms with Crippen LogP contribution in [-0.2, 0) is 6.18 Å². The highest BCUT2D eigenvalue weighted by atomic mass is 32.1. The number of anilines is 1. The second-order valence-corrected chi connectivity index (χ2v) is 8.88. The number of halogens is 3. The average Bonchev–Trinajstić information content (AvgIpc) is 3.18. The van der Waals surface area contributed by atoms with E-state index in [4.69, 9.17) is 4.74 Å². The number of hydrogen-bond donors (Lipinski definition) is 1. The predicted molar refractivity (Wildman–Crippen MR) is 124 cm³/mol. The molecule has 0 saturated carbocycles. The van der Waals surface area contributed by atoms with Crippen LogP contribution in [0.1, 0.15) is 18.1 Å². The third-order valence-electron chi connectivity index (χ3n) is 5.58. The Morgan fingerprint density at radius 1 is 1.09 bits per heavy atom.